The first-order valence-corrected chi connectivity index (χ1v) is 5.21. The number of phosphoric acid groups is 1. The van der Waals surface area contributed by atoms with Crippen LogP contribution in [0.5, 0.6) is 0 Å². The minimum absolute atomic E-state index is 0.0368. The summed E-state index contributed by atoms with van der Waals surface area (Å²) in [4.78, 5) is 27.2. The van der Waals surface area contributed by atoms with Gasteiger partial charge in [0.15, 0.2) is 5.94 Å². The highest BCUT2D eigenvalue weighted by molar-refractivity contribution is 7.46. The molecule has 0 saturated carbocycles. The van der Waals surface area contributed by atoms with Crippen molar-refractivity contribution in [2.75, 3.05) is 0 Å². The molecule has 0 aromatic heterocycles. The van der Waals surface area contributed by atoms with Crippen LogP contribution in [0, 0.1) is 5.82 Å². The minimum Gasteiger partial charge on any atom is -0.392 e. The van der Waals surface area contributed by atoms with E-state index in [1.165, 1.54) is 5.94 Å². The fourth-order valence-electron chi connectivity index (χ4n) is 0.850. The maximum Gasteiger partial charge on any atom is 0.525 e. The molecule has 0 amide bonds. The summed E-state index contributed by atoms with van der Waals surface area (Å²) >= 11 is 0. The van der Waals surface area contributed by atoms with Crippen LogP contribution in [0.15, 0.2) is 24.3 Å². The Kier molecular flexibility index (Phi) is 3.39. The van der Waals surface area contributed by atoms with Crippen LogP contribution >= 0.6 is 7.82 Å². The normalized spacial score (nSPS) is 10.6. The molecule has 0 bridgehead atoms. The molecule has 5 nitrogen and oxygen atoms in total. The second-order valence-corrected chi connectivity index (χ2v) is 3.68. The molecule has 1 aromatic carbocycles. The summed E-state index contributed by atoms with van der Waals surface area (Å²) in [6, 6.07) is 4.34. The fraction of sp³-hybridized carbons (Fsp3) is 0. The number of carbonyl (C=O) groups excluding carboxylic acids is 1. The smallest absolute Gasteiger partial charge is 0.392 e. The molecule has 15 heavy (non-hydrogen) atoms. The molecule has 0 atom stereocenters. The van der Waals surface area contributed by atoms with Gasteiger partial charge in [-0.05, 0) is 24.3 Å². The van der Waals surface area contributed by atoms with Crippen LogP contribution in [0.2, 0.25) is 0 Å². The first-order chi connectivity index (χ1) is 6.92. The number of benzene rings is 1. The van der Waals surface area contributed by atoms with Gasteiger partial charge in [-0.2, -0.15) is 0 Å². The third kappa shape index (κ3) is 3.65. The molecular formula is C8H6FO5P. The number of phosphoric ester groups is 1. The van der Waals surface area contributed by atoms with Crippen LogP contribution in [0.1, 0.15) is 5.56 Å². The van der Waals surface area contributed by atoms with Gasteiger partial charge in [-0.25, -0.2) is 13.8 Å². The quantitative estimate of drug-likeness (QED) is 0.463. The van der Waals surface area contributed by atoms with E-state index in [-0.39, 0.29) is 5.56 Å². The van der Waals surface area contributed by atoms with Crippen molar-refractivity contribution in [2.45, 2.75) is 0 Å². The number of rotatable bonds is 3. The maximum absolute atomic E-state index is 12.5. The predicted octanol–water partition coefficient (Wildman–Crippen LogP) is 1.11. The summed E-state index contributed by atoms with van der Waals surface area (Å²) < 4.78 is 27.0. The van der Waals surface area contributed by atoms with Gasteiger partial charge in [0, 0.05) is 5.56 Å². The van der Waals surface area contributed by atoms with E-state index in [1.807, 2.05) is 0 Å². The lowest BCUT2D eigenvalue weighted by Crippen LogP contribution is -1.91. The summed E-state index contributed by atoms with van der Waals surface area (Å²) in [5, 5.41) is 0. The van der Waals surface area contributed by atoms with Crippen LogP contribution in [-0.4, -0.2) is 15.7 Å². The standard InChI is InChI=1S/C8H6FO5P/c9-7-3-1-6(2-4-7)8(5-10)14-15(11,12)13/h1-4H,(H2,11,12,13). The lowest BCUT2D eigenvalue weighted by molar-refractivity contribution is 0.269. The Morgan fingerprint density at radius 1 is 1.33 bits per heavy atom. The van der Waals surface area contributed by atoms with E-state index < -0.39 is 19.4 Å². The molecule has 0 aliphatic carbocycles. The molecule has 0 aliphatic rings. The highest BCUT2D eigenvalue weighted by atomic mass is 31.2. The Balaban J connectivity index is 3.00. The van der Waals surface area contributed by atoms with E-state index in [0.29, 0.717) is 0 Å². The summed E-state index contributed by atoms with van der Waals surface area (Å²) in [6.07, 6.45) is 0. The fourth-order valence-corrected chi connectivity index (χ4v) is 1.23. The van der Waals surface area contributed by atoms with Crippen molar-refractivity contribution in [3.8, 4) is 0 Å². The van der Waals surface area contributed by atoms with E-state index >= 15 is 0 Å². The van der Waals surface area contributed by atoms with Gasteiger partial charge < -0.3 is 4.52 Å². The van der Waals surface area contributed by atoms with Crippen molar-refractivity contribution in [2.24, 2.45) is 0 Å². The van der Waals surface area contributed by atoms with Gasteiger partial charge in [0.05, 0.1) is 0 Å². The largest absolute Gasteiger partial charge is 0.525 e. The van der Waals surface area contributed by atoms with Gasteiger partial charge in [-0.15, -0.1) is 0 Å². The van der Waals surface area contributed by atoms with E-state index in [0.717, 1.165) is 24.3 Å². The van der Waals surface area contributed by atoms with Gasteiger partial charge in [-0.3, -0.25) is 9.79 Å². The number of hydrogen-bond donors (Lipinski definition) is 2. The van der Waals surface area contributed by atoms with E-state index in [4.69, 9.17) is 9.79 Å². The van der Waals surface area contributed by atoms with Gasteiger partial charge >= 0.3 is 7.82 Å². The van der Waals surface area contributed by atoms with Crippen molar-refractivity contribution >= 4 is 19.5 Å². The monoisotopic (exact) mass is 232 g/mol. The molecule has 0 fully saturated rings. The topological polar surface area (TPSA) is 83.8 Å². The molecule has 7 heteroatoms. The summed E-state index contributed by atoms with van der Waals surface area (Å²) in [6.45, 7) is 0. The van der Waals surface area contributed by atoms with Crippen LogP contribution in [0.4, 0.5) is 4.39 Å². The lowest BCUT2D eigenvalue weighted by Gasteiger charge is -2.06. The third-order valence-electron chi connectivity index (χ3n) is 1.41. The number of halogens is 1. The Labute approximate surface area is 84.1 Å². The Hall–Kier alpha value is -1.45. The predicted molar refractivity (Wildman–Crippen MR) is 48.6 cm³/mol. The molecule has 1 rings (SSSR count). The highest BCUT2D eigenvalue weighted by Gasteiger charge is 2.19. The van der Waals surface area contributed by atoms with Crippen molar-refractivity contribution < 1.29 is 28.1 Å². The molecule has 0 unspecified atom stereocenters. The zero-order valence-corrected chi connectivity index (χ0v) is 8.15. The second kappa shape index (κ2) is 4.38. The SMILES string of the molecule is O=C=C(OP(=O)(O)O)c1ccc(F)cc1. The van der Waals surface area contributed by atoms with Crippen molar-refractivity contribution in [3.05, 3.63) is 35.6 Å². The molecule has 1 aromatic rings. The molecule has 80 valence electrons. The Bertz CT molecular complexity index is 443. The Morgan fingerprint density at radius 3 is 2.27 bits per heavy atom. The number of hydrogen-bond acceptors (Lipinski definition) is 3. The highest BCUT2D eigenvalue weighted by Crippen LogP contribution is 2.40. The van der Waals surface area contributed by atoms with E-state index in [9.17, 15) is 13.8 Å². The lowest BCUT2D eigenvalue weighted by atomic mass is 10.2. The van der Waals surface area contributed by atoms with E-state index in [1.54, 1.807) is 0 Å². The van der Waals surface area contributed by atoms with Gasteiger partial charge in [-0.1, -0.05) is 0 Å². The van der Waals surface area contributed by atoms with Gasteiger partial charge in [0.25, 0.3) is 0 Å². The van der Waals surface area contributed by atoms with Crippen LogP contribution in [-0.2, 0) is 13.9 Å². The molecular weight excluding hydrogens is 226 g/mol. The Morgan fingerprint density at radius 2 is 1.87 bits per heavy atom. The zero-order chi connectivity index (χ0) is 11.5. The average molecular weight is 232 g/mol. The summed E-state index contributed by atoms with van der Waals surface area (Å²) in [5.74, 6) is 0.0190. The van der Waals surface area contributed by atoms with Crippen molar-refractivity contribution in [3.63, 3.8) is 0 Å². The first-order valence-electron chi connectivity index (χ1n) is 3.68. The van der Waals surface area contributed by atoms with E-state index in [2.05, 4.69) is 4.52 Å². The van der Waals surface area contributed by atoms with Crippen LogP contribution < -0.4 is 0 Å². The first kappa shape index (κ1) is 11.6. The summed E-state index contributed by atoms with van der Waals surface area (Å²) in [7, 11) is -4.81. The molecule has 0 aliphatic heterocycles. The third-order valence-corrected chi connectivity index (χ3v) is 1.83. The molecule has 0 saturated heterocycles. The van der Waals surface area contributed by atoms with Crippen molar-refractivity contribution in [1.29, 1.82) is 0 Å². The molecule has 2 N–H and O–H groups in total. The average Bonchev–Trinajstić information content (AvgIpc) is 2.14. The van der Waals surface area contributed by atoms with Crippen LogP contribution in [0.3, 0.4) is 0 Å². The second-order valence-electron chi connectivity index (χ2n) is 2.52. The minimum atomic E-state index is -4.81. The van der Waals surface area contributed by atoms with Gasteiger partial charge in [0.2, 0.25) is 5.76 Å². The zero-order valence-electron chi connectivity index (χ0n) is 7.25. The molecule has 0 heterocycles. The maximum atomic E-state index is 12.5. The molecule has 0 radical (unpaired) electrons. The molecule has 0 spiro atoms. The van der Waals surface area contributed by atoms with Gasteiger partial charge in [0.1, 0.15) is 5.82 Å². The van der Waals surface area contributed by atoms with Crippen molar-refractivity contribution in [1.82, 2.24) is 0 Å². The summed E-state index contributed by atoms with van der Waals surface area (Å²) in [5.41, 5.74) is 0.0368. The van der Waals surface area contributed by atoms with Crippen LogP contribution in [0.25, 0.3) is 5.76 Å².